The van der Waals surface area contributed by atoms with E-state index in [1.54, 1.807) is 6.07 Å². The van der Waals surface area contributed by atoms with E-state index in [0.29, 0.717) is 13.1 Å². The lowest BCUT2D eigenvalue weighted by atomic mass is 10.1. The smallest absolute Gasteiger partial charge is 0.267 e. The molecule has 6 heteroatoms. The van der Waals surface area contributed by atoms with Crippen molar-refractivity contribution < 1.29 is 4.79 Å². The maximum absolute atomic E-state index is 12.4. The quantitative estimate of drug-likeness (QED) is 0.813. The van der Waals surface area contributed by atoms with Gasteiger partial charge < -0.3 is 4.90 Å². The molecule has 0 saturated carbocycles. The fourth-order valence-corrected chi connectivity index (χ4v) is 3.05. The van der Waals surface area contributed by atoms with E-state index >= 15 is 0 Å². The second-order valence-electron chi connectivity index (χ2n) is 6.43. The largest absolute Gasteiger partial charge is 0.339 e. The summed E-state index contributed by atoms with van der Waals surface area (Å²) in [6.07, 6.45) is 1.03. The number of aromatic nitrogens is 2. The van der Waals surface area contributed by atoms with Gasteiger partial charge in [0.2, 0.25) is 5.91 Å². The van der Waals surface area contributed by atoms with E-state index < -0.39 is 0 Å². The highest BCUT2D eigenvalue weighted by Gasteiger charge is 2.21. The Balaban J connectivity index is 1.47. The molecule has 0 bridgehead atoms. The average Bonchev–Trinajstić information content (AvgIpc) is 2.64. The van der Waals surface area contributed by atoms with Gasteiger partial charge in [-0.3, -0.25) is 14.5 Å². The summed E-state index contributed by atoms with van der Waals surface area (Å²) in [5.74, 6) is -0.0390. The lowest BCUT2D eigenvalue weighted by molar-refractivity contribution is -0.133. The zero-order valence-corrected chi connectivity index (χ0v) is 14.6. The first-order valence-electron chi connectivity index (χ1n) is 8.70. The summed E-state index contributed by atoms with van der Waals surface area (Å²) < 4.78 is 1.25. The van der Waals surface area contributed by atoms with Gasteiger partial charge in [-0.1, -0.05) is 30.3 Å². The first-order chi connectivity index (χ1) is 12.1. The molecule has 0 atom stereocenters. The molecular weight excluding hydrogens is 316 g/mol. The molecule has 1 amide bonds. The van der Waals surface area contributed by atoms with Crippen molar-refractivity contribution >= 4 is 5.91 Å². The number of carbonyl (C=O) groups is 1. The number of piperazine rings is 1. The number of benzene rings is 1. The fourth-order valence-electron chi connectivity index (χ4n) is 3.05. The summed E-state index contributed by atoms with van der Waals surface area (Å²) in [6.45, 7) is 5.98. The maximum Gasteiger partial charge on any atom is 0.267 e. The topological polar surface area (TPSA) is 58.4 Å². The Hall–Kier alpha value is -2.47. The van der Waals surface area contributed by atoms with Crippen LogP contribution in [0.1, 0.15) is 11.3 Å². The van der Waals surface area contributed by atoms with E-state index in [1.807, 2.05) is 17.9 Å². The molecular formula is C19H24N4O2. The minimum Gasteiger partial charge on any atom is -0.339 e. The number of amides is 1. The molecule has 0 aliphatic carbocycles. The predicted octanol–water partition coefficient (Wildman–Crippen LogP) is 0.939. The van der Waals surface area contributed by atoms with Crippen LogP contribution >= 0.6 is 0 Å². The molecule has 1 saturated heterocycles. The van der Waals surface area contributed by atoms with E-state index in [9.17, 15) is 9.59 Å². The molecule has 0 spiro atoms. The van der Waals surface area contributed by atoms with Crippen LogP contribution in [0.25, 0.3) is 0 Å². The minimum atomic E-state index is -0.236. The van der Waals surface area contributed by atoms with Crippen molar-refractivity contribution in [3.63, 3.8) is 0 Å². The van der Waals surface area contributed by atoms with Gasteiger partial charge in [-0.15, -0.1) is 0 Å². The van der Waals surface area contributed by atoms with Crippen LogP contribution in [0.5, 0.6) is 0 Å². The van der Waals surface area contributed by atoms with Crippen molar-refractivity contribution in [1.29, 1.82) is 0 Å². The van der Waals surface area contributed by atoms with E-state index in [4.69, 9.17) is 0 Å². The number of hydrogen-bond donors (Lipinski definition) is 0. The fraction of sp³-hybridized carbons (Fsp3) is 0.421. The lowest BCUT2D eigenvalue weighted by Gasteiger charge is -2.34. The Labute approximate surface area is 147 Å². The highest BCUT2D eigenvalue weighted by molar-refractivity contribution is 5.76. The van der Waals surface area contributed by atoms with Crippen molar-refractivity contribution in [2.45, 2.75) is 19.9 Å². The van der Waals surface area contributed by atoms with Gasteiger partial charge in [0, 0.05) is 38.8 Å². The summed E-state index contributed by atoms with van der Waals surface area (Å²) in [7, 11) is 0. The number of nitrogens with zero attached hydrogens (tertiary/aromatic N) is 4. The summed E-state index contributed by atoms with van der Waals surface area (Å²) in [4.78, 5) is 28.4. The van der Waals surface area contributed by atoms with Crippen LogP contribution in [0.2, 0.25) is 0 Å². The van der Waals surface area contributed by atoms with Gasteiger partial charge in [-0.2, -0.15) is 5.10 Å². The average molecular weight is 340 g/mol. The molecule has 2 heterocycles. The molecule has 0 N–H and O–H groups in total. The van der Waals surface area contributed by atoms with Crippen molar-refractivity contribution in [2.75, 3.05) is 32.7 Å². The molecule has 25 heavy (non-hydrogen) atoms. The zero-order valence-electron chi connectivity index (χ0n) is 14.6. The highest BCUT2D eigenvalue weighted by atomic mass is 16.2. The minimum absolute atomic E-state index is 0.0184. The third-order valence-electron chi connectivity index (χ3n) is 4.57. The highest BCUT2D eigenvalue weighted by Crippen LogP contribution is 2.06. The van der Waals surface area contributed by atoms with Gasteiger partial charge in [0.25, 0.3) is 5.56 Å². The molecule has 1 aliphatic rings. The van der Waals surface area contributed by atoms with Crippen molar-refractivity contribution in [1.82, 2.24) is 19.6 Å². The van der Waals surface area contributed by atoms with Crippen molar-refractivity contribution in [2.24, 2.45) is 0 Å². The molecule has 2 aromatic rings. The van der Waals surface area contributed by atoms with Gasteiger partial charge in [0.1, 0.15) is 6.54 Å². The predicted molar refractivity (Wildman–Crippen MR) is 96.4 cm³/mol. The summed E-state index contributed by atoms with van der Waals surface area (Å²) in [5, 5.41) is 4.13. The molecule has 1 aliphatic heterocycles. The Morgan fingerprint density at radius 3 is 2.48 bits per heavy atom. The van der Waals surface area contributed by atoms with E-state index in [1.165, 1.54) is 16.3 Å². The Bertz CT molecular complexity index is 764. The molecule has 0 radical (unpaired) electrons. The number of carbonyl (C=O) groups excluding carboxylic acids is 1. The second kappa shape index (κ2) is 8.07. The monoisotopic (exact) mass is 340 g/mol. The Morgan fingerprint density at radius 1 is 1.04 bits per heavy atom. The van der Waals surface area contributed by atoms with Crippen LogP contribution in [0.15, 0.2) is 47.3 Å². The zero-order chi connectivity index (χ0) is 17.6. The second-order valence-corrected chi connectivity index (χ2v) is 6.43. The van der Waals surface area contributed by atoms with Crippen LogP contribution in [0.3, 0.4) is 0 Å². The Kier molecular flexibility index (Phi) is 5.60. The summed E-state index contributed by atoms with van der Waals surface area (Å²) in [6, 6.07) is 13.6. The van der Waals surface area contributed by atoms with E-state index in [-0.39, 0.29) is 18.0 Å². The van der Waals surface area contributed by atoms with Gasteiger partial charge in [-0.25, -0.2) is 4.68 Å². The first-order valence-corrected chi connectivity index (χ1v) is 8.70. The van der Waals surface area contributed by atoms with Crippen LogP contribution in [0, 0.1) is 6.92 Å². The van der Waals surface area contributed by atoms with Gasteiger partial charge in [-0.05, 0) is 25.0 Å². The van der Waals surface area contributed by atoms with Crippen LogP contribution in [0.4, 0.5) is 0 Å². The number of hydrogen-bond acceptors (Lipinski definition) is 4. The molecule has 1 aromatic carbocycles. The van der Waals surface area contributed by atoms with E-state index in [2.05, 4.69) is 34.3 Å². The van der Waals surface area contributed by atoms with Crippen LogP contribution in [-0.4, -0.2) is 58.2 Å². The molecule has 0 unspecified atom stereocenters. The Morgan fingerprint density at radius 2 is 1.76 bits per heavy atom. The number of aryl methyl sites for hydroxylation is 1. The maximum atomic E-state index is 12.4. The third kappa shape index (κ3) is 4.76. The van der Waals surface area contributed by atoms with Crippen molar-refractivity contribution in [3.05, 3.63) is 64.1 Å². The van der Waals surface area contributed by atoms with Crippen molar-refractivity contribution in [3.8, 4) is 0 Å². The van der Waals surface area contributed by atoms with Crippen LogP contribution in [-0.2, 0) is 17.8 Å². The normalized spacial score (nSPS) is 15.3. The summed E-state index contributed by atoms with van der Waals surface area (Å²) >= 11 is 0. The number of rotatable bonds is 5. The van der Waals surface area contributed by atoms with Gasteiger partial charge in [0.15, 0.2) is 0 Å². The first kappa shape index (κ1) is 17.4. The molecule has 132 valence electrons. The standard InChI is InChI=1S/C19H24N4O2/c1-16-7-8-18(24)23(20-16)15-19(25)22-13-11-21(12-14-22)10-9-17-5-3-2-4-6-17/h2-8H,9-15H2,1H3. The summed E-state index contributed by atoms with van der Waals surface area (Å²) in [5.41, 5.74) is 1.84. The molecule has 1 fully saturated rings. The third-order valence-corrected chi connectivity index (χ3v) is 4.57. The van der Waals surface area contributed by atoms with Crippen LogP contribution < -0.4 is 5.56 Å². The van der Waals surface area contributed by atoms with E-state index in [0.717, 1.165) is 31.7 Å². The molecule has 6 nitrogen and oxygen atoms in total. The van der Waals surface area contributed by atoms with Gasteiger partial charge >= 0.3 is 0 Å². The lowest BCUT2D eigenvalue weighted by Crippen LogP contribution is -2.50. The molecule has 1 aromatic heterocycles. The SMILES string of the molecule is Cc1ccc(=O)n(CC(=O)N2CCN(CCc3ccccc3)CC2)n1. The van der Waals surface area contributed by atoms with Gasteiger partial charge in [0.05, 0.1) is 5.69 Å². The molecule has 3 rings (SSSR count).